The van der Waals surface area contributed by atoms with Gasteiger partial charge >= 0.3 is 12.1 Å². The maximum atomic E-state index is 11.8. The Balaban J connectivity index is 1.99. The number of non-ortho nitro benzene ring substituents is 1. The van der Waals surface area contributed by atoms with Crippen LogP contribution >= 0.6 is 0 Å². The molecule has 1 unspecified atom stereocenters. The second-order valence-corrected chi connectivity index (χ2v) is 4.97. The summed E-state index contributed by atoms with van der Waals surface area (Å²) in [6.45, 7) is -0.197. The van der Waals surface area contributed by atoms with E-state index in [2.05, 4.69) is 5.32 Å². The highest BCUT2D eigenvalue weighted by Gasteiger charge is 2.25. The molecular formula is C16H14N2O7. The first-order chi connectivity index (χ1) is 11.9. The molecule has 2 aromatic carbocycles. The maximum absolute atomic E-state index is 11.8. The lowest BCUT2D eigenvalue weighted by Gasteiger charge is -2.16. The molecule has 1 atom stereocenters. The standard InChI is InChI=1S/C16H14N2O7/c19-13-4-2-1-3-12(13)14(15(20)21)17-16(22)25-9-10-5-7-11(8-6-10)18(23)24/h1-8,14,19H,9H2,(H,17,22)(H,20,21). The average molecular weight is 346 g/mol. The van der Waals surface area contributed by atoms with Gasteiger partial charge < -0.3 is 20.3 Å². The quantitative estimate of drug-likeness (QED) is 0.539. The number of rotatable bonds is 6. The normalized spacial score (nSPS) is 11.4. The number of amides is 1. The number of carbonyl (C=O) groups is 2. The zero-order valence-electron chi connectivity index (χ0n) is 12.8. The van der Waals surface area contributed by atoms with Crippen LogP contribution in [0.4, 0.5) is 10.5 Å². The summed E-state index contributed by atoms with van der Waals surface area (Å²) >= 11 is 0. The third-order valence-electron chi connectivity index (χ3n) is 3.27. The Labute approximate surface area is 141 Å². The predicted molar refractivity (Wildman–Crippen MR) is 84.9 cm³/mol. The van der Waals surface area contributed by atoms with Crippen LogP contribution < -0.4 is 5.32 Å². The van der Waals surface area contributed by atoms with Crippen molar-refractivity contribution in [2.24, 2.45) is 0 Å². The Kier molecular flexibility index (Phi) is 5.51. The molecule has 130 valence electrons. The van der Waals surface area contributed by atoms with Gasteiger partial charge in [-0.15, -0.1) is 0 Å². The highest BCUT2D eigenvalue weighted by Crippen LogP contribution is 2.24. The van der Waals surface area contributed by atoms with Crippen molar-refractivity contribution in [3.63, 3.8) is 0 Å². The van der Waals surface area contributed by atoms with Gasteiger partial charge in [0.1, 0.15) is 12.4 Å². The smallest absolute Gasteiger partial charge is 0.408 e. The van der Waals surface area contributed by atoms with E-state index in [0.29, 0.717) is 5.56 Å². The van der Waals surface area contributed by atoms with Crippen LogP contribution in [-0.2, 0) is 16.1 Å². The van der Waals surface area contributed by atoms with Gasteiger partial charge in [0.05, 0.1) is 4.92 Å². The number of hydrogen-bond acceptors (Lipinski definition) is 6. The number of hydrogen-bond donors (Lipinski definition) is 3. The fourth-order valence-corrected chi connectivity index (χ4v) is 2.03. The van der Waals surface area contributed by atoms with Gasteiger partial charge in [0.25, 0.3) is 5.69 Å². The Hall–Kier alpha value is -3.62. The zero-order chi connectivity index (χ0) is 18.4. The zero-order valence-corrected chi connectivity index (χ0v) is 12.8. The first-order valence-electron chi connectivity index (χ1n) is 7.06. The van der Waals surface area contributed by atoms with Gasteiger partial charge in [-0.2, -0.15) is 0 Å². The molecule has 9 nitrogen and oxygen atoms in total. The van der Waals surface area contributed by atoms with Gasteiger partial charge in [-0.05, 0) is 23.8 Å². The summed E-state index contributed by atoms with van der Waals surface area (Å²) in [5.41, 5.74) is 0.413. The molecular weight excluding hydrogens is 332 g/mol. The number of alkyl carbamates (subject to hydrolysis) is 1. The minimum absolute atomic E-state index is 0.0160. The van der Waals surface area contributed by atoms with Crippen molar-refractivity contribution < 1.29 is 29.5 Å². The fraction of sp³-hybridized carbons (Fsp3) is 0.125. The highest BCUT2D eigenvalue weighted by molar-refractivity contribution is 5.82. The monoisotopic (exact) mass is 346 g/mol. The number of nitrogens with zero attached hydrogens (tertiary/aromatic N) is 1. The Morgan fingerprint density at radius 2 is 1.80 bits per heavy atom. The molecule has 0 fully saturated rings. The number of nitro benzene ring substituents is 1. The van der Waals surface area contributed by atoms with Crippen molar-refractivity contribution in [1.82, 2.24) is 5.32 Å². The Bertz CT molecular complexity index is 789. The molecule has 0 spiro atoms. The second-order valence-electron chi connectivity index (χ2n) is 4.97. The molecule has 0 aliphatic carbocycles. The summed E-state index contributed by atoms with van der Waals surface area (Å²) < 4.78 is 4.91. The van der Waals surface area contributed by atoms with Gasteiger partial charge in [-0.1, -0.05) is 18.2 Å². The summed E-state index contributed by atoms with van der Waals surface area (Å²) in [6, 6.07) is 9.59. The van der Waals surface area contributed by atoms with Gasteiger partial charge in [0, 0.05) is 17.7 Å². The fourth-order valence-electron chi connectivity index (χ4n) is 2.03. The highest BCUT2D eigenvalue weighted by atomic mass is 16.6. The molecule has 0 aliphatic heterocycles. The van der Waals surface area contributed by atoms with Crippen molar-refractivity contribution in [2.45, 2.75) is 12.6 Å². The van der Waals surface area contributed by atoms with Crippen molar-refractivity contribution in [2.75, 3.05) is 0 Å². The molecule has 9 heteroatoms. The number of phenolic OH excluding ortho intramolecular Hbond substituents is 1. The van der Waals surface area contributed by atoms with E-state index in [1.165, 1.54) is 48.5 Å². The lowest BCUT2D eigenvalue weighted by molar-refractivity contribution is -0.384. The van der Waals surface area contributed by atoms with Gasteiger partial charge in [0.15, 0.2) is 6.04 Å². The molecule has 0 aromatic heterocycles. The van der Waals surface area contributed by atoms with Crippen molar-refractivity contribution in [1.29, 1.82) is 0 Å². The van der Waals surface area contributed by atoms with E-state index in [1.54, 1.807) is 0 Å². The number of carboxylic acid groups (broad SMARTS) is 1. The largest absolute Gasteiger partial charge is 0.508 e. The van der Waals surface area contributed by atoms with E-state index in [-0.39, 0.29) is 23.6 Å². The minimum atomic E-state index is -1.48. The molecule has 2 rings (SSSR count). The summed E-state index contributed by atoms with van der Waals surface area (Å²) in [4.78, 5) is 33.1. The molecule has 25 heavy (non-hydrogen) atoms. The van der Waals surface area contributed by atoms with Crippen molar-refractivity contribution in [3.05, 3.63) is 69.8 Å². The third kappa shape index (κ3) is 4.67. The molecule has 2 aromatic rings. The second kappa shape index (κ2) is 7.77. The minimum Gasteiger partial charge on any atom is -0.508 e. The van der Waals surface area contributed by atoms with E-state index in [4.69, 9.17) is 4.74 Å². The topological polar surface area (TPSA) is 139 Å². The van der Waals surface area contributed by atoms with Crippen LogP contribution in [0, 0.1) is 10.1 Å². The van der Waals surface area contributed by atoms with E-state index < -0.39 is 23.0 Å². The van der Waals surface area contributed by atoms with Crippen LogP contribution in [0.3, 0.4) is 0 Å². The Morgan fingerprint density at radius 1 is 1.16 bits per heavy atom. The molecule has 1 amide bonds. The summed E-state index contributed by atoms with van der Waals surface area (Å²) in [7, 11) is 0. The summed E-state index contributed by atoms with van der Waals surface area (Å²) in [6.07, 6.45) is -1.01. The van der Waals surface area contributed by atoms with Crippen LogP contribution in [0.15, 0.2) is 48.5 Å². The van der Waals surface area contributed by atoms with Crippen LogP contribution in [0.5, 0.6) is 5.75 Å². The number of aromatic hydroxyl groups is 1. The van der Waals surface area contributed by atoms with Crippen molar-refractivity contribution in [3.8, 4) is 5.75 Å². The molecule has 0 heterocycles. The molecule has 0 saturated carbocycles. The SMILES string of the molecule is O=C(NC(C(=O)O)c1ccccc1O)OCc1ccc([N+](=O)[O-])cc1. The van der Waals surface area contributed by atoms with Crippen molar-refractivity contribution >= 4 is 17.7 Å². The van der Waals surface area contributed by atoms with E-state index in [1.807, 2.05) is 0 Å². The predicted octanol–water partition coefficient (Wildman–Crippen LogP) is 2.35. The molecule has 3 N–H and O–H groups in total. The van der Waals surface area contributed by atoms with E-state index in [9.17, 15) is 29.9 Å². The number of phenols is 1. The summed E-state index contributed by atoms with van der Waals surface area (Å²) in [5.74, 6) is -1.64. The molecule has 0 bridgehead atoms. The number of carboxylic acids is 1. The number of benzene rings is 2. The number of aliphatic carboxylic acids is 1. The number of ether oxygens (including phenoxy) is 1. The van der Waals surface area contributed by atoms with E-state index >= 15 is 0 Å². The van der Waals surface area contributed by atoms with Crippen LogP contribution in [0.25, 0.3) is 0 Å². The molecule has 0 aliphatic rings. The lowest BCUT2D eigenvalue weighted by Crippen LogP contribution is -2.34. The number of carbonyl (C=O) groups excluding carboxylic acids is 1. The van der Waals surface area contributed by atoms with Gasteiger partial charge in [-0.3, -0.25) is 10.1 Å². The van der Waals surface area contributed by atoms with Crippen LogP contribution in [0.2, 0.25) is 0 Å². The number of para-hydroxylation sites is 1. The van der Waals surface area contributed by atoms with E-state index in [0.717, 1.165) is 0 Å². The lowest BCUT2D eigenvalue weighted by atomic mass is 10.1. The molecule has 0 saturated heterocycles. The maximum Gasteiger partial charge on any atom is 0.408 e. The number of nitro groups is 1. The summed E-state index contributed by atoms with van der Waals surface area (Å²) in [5, 5.41) is 31.6. The average Bonchev–Trinajstić information content (AvgIpc) is 2.58. The van der Waals surface area contributed by atoms with Gasteiger partial charge in [-0.25, -0.2) is 9.59 Å². The first kappa shape index (κ1) is 17.7. The first-order valence-corrected chi connectivity index (χ1v) is 7.06. The van der Waals surface area contributed by atoms with Gasteiger partial charge in [0.2, 0.25) is 0 Å². The molecule has 0 radical (unpaired) electrons. The Morgan fingerprint density at radius 3 is 2.36 bits per heavy atom. The van der Waals surface area contributed by atoms with Crippen LogP contribution in [-0.4, -0.2) is 27.2 Å². The number of nitrogens with one attached hydrogen (secondary N) is 1. The van der Waals surface area contributed by atoms with Crippen LogP contribution in [0.1, 0.15) is 17.2 Å². The third-order valence-corrected chi connectivity index (χ3v) is 3.27.